The molecule has 1 rings (SSSR count). The molecule has 0 saturated heterocycles. The summed E-state index contributed by atoms with van der Waals surface area (Å²) in [6, 6.07) is 2.86. The fourth-order valence-electron chi connectivity index (χ4n) is 1.26. The second-order valence-corrected chi connectivity index (χ2v) is 2.93. The van der Waals surface area contributed by atoms with Gasteiger partial charge in [0.15, 0.2) is 0 Å². The molecular weight excluding hydrogens is 208 g/mol. The van der Waals surface area contributed by atoms with Crippen LogP contribution in [0.1, 0.15) is 17.3 Å². The van der Waals surface area contributed by atoms with E-state index in [9.17, 15) is 9.90 Å². The Morgan fingerprint density at radius 2 is 2.00 bits per heavy atom. The molecule has 84 valence electrons. The Bertz CT molecular complexity index is 466. The van der Waals surface area contributed by atoms with Gasteiger partial charge in [0.25, 0.3) is 0 Å². The number of Topliss-reactive ketones (excluding diaryl/α,β-unsaturated/α-hetero) is 1. The summed E-state index contributed by atoms with van der Waals surface area (Å²) in [6.45, 7) is 1.55. The maximum atomic E-state index is 11.6. The van der Waals surface area contributed by atoms with Gasteiger partial charge >= 0.3 is 0 Å². The van der Waals surface area contributed by atoms with Crippen LogP contribution in [0, 0.1) is 11.8 Å². The van der Waals surface area contributed by atoms with Crippen molar-refractivity contribution in [3.63, 3.8) is 0 Å². The fraction of sp³-hybridized carbons (Fsp3) is 0.250. The average molecular weight is 220 g/mol. The molecule has 0 fully saturated rings. The summed E-state index contributed by atoms with van der Waals surface area (Å²) in [4.78, 5) is 11.6. The number of ketones is 1. The molecule has 0 bridgehead atoms. The Kier molecular flexibility index (Phi) is 3.78. The molecule has 1 aromatic carbocycles. The van der Waals surface area contributed by atoms with Gasteiger partial charge in [-0.15, -0.1) is 0 Å². The maximum absolute atomic E-state index is 11.6. The van der Waals surface area contributed by atoms with Crippen molar-refractivity contribution in [1.82, 2.24) is 0 Å². The van der Waals surface area contributed by atoms with Crippen molar-refractivity contribution in [2.24, 2.45) is 0 Å². The highest BCUT2D eigenvalue weighted by Gasteiger charge is 2.17. The number of phenols is 1. The van der Waals surface area contributed by atoms with Gasteiger partial charge in [-0.2, -0.15) is 0 Å². The van der Waals surface area contributed by atoms with Crippen LogP contribution in [0.2, 0.25) is 0 Å². The molecule has 0 aliphatic rings. The van der Waals surface area contributed by atoms with Crippen molar-refractivity contribution in [2.75, 3.05) is 14.2 Å². The van der Waals surface area contributed by atoms with E-state index in [1.54, 1.807) is 6.92 Å². The van der Waals surface area contributed by atoms with Crippen LogP contribution in [-0.2, 0) is 0 Å². The summed E-state index contributed by atoms with van der Waals surface area (Å²) >= 11 is 0. The summed E-state index contributed by atoms with van der Waals surface area (Å²) in [7, 11) is 2.87. The second-order valence-electron chi connectivity index (χ2n) is 2.93. The van der Waals surface area contributed by atoms with E-state index in [-0.39, 0.29) is 17.1 Å². The number of hydrogen-bond acceptors (Lipinski definition) is 4. The van der Waals surface area contributed by atoms with Gasteiger partial charge < -0.3 is 14.6 Å². The lowest BCUT2D eigenvalue weighted by Crippen LogP contribution is -2.00. The van der Waals surface area contributed by atoms with Crippen LogP contribution in [0.25, 0.3) is 0 Å². The van der Waals surface area contributed by atoms with Gasteiger partial charge in [-0.25, -0.2) is 0 Å². The predicted molar refractivity (Wildman–Crippen MR) is 59.0 cm³/mol. The van der Waals surface area contributed by atoms with Crippen LogP contribution < -0.4 is 9.47 Å². The van der Waals surface area contributed by atoms with E-state index in [0.717, 1.165) is 0 Å². The van der Waals surface area contributed by atoms with E-state index >= 15 is 0 Å². The summed E-state index contributed by atoms with van der Waals surface area (Å²) in [5.41, 5.74) is 0.0534. The number of ether oxygens (including phenoxy) is 2. The largest absolute Gasteiger partial charge is 0.507 e. The van der Waals surface area contributed by atoms with E-state index in [0.29, 0.717) is 5.75 Å². The first-order valence-corrected chi connectivity index (χ1v) is 4.56. The summed E-state index contributed by atoms with van der Waals surface area (Å²) in [6.07, 6.45) is 0. The average Bonchev–Trinajstić information content (AvgIpc) is 2.27. The zero-order valence-electron chi connectivity index (χ0n) is 9.33. The second kappa shape index (κ2) is 5.08. The van der Waals surface area contributed by atoms with E-state index < -0.39 is 5.78 Å². The van der Waals surface area contributed by atoms with Crippen molar-refractivity contribution in [1.29, 1.82) is 0 Å². The number of carbonyl (C=O) groups is 1. The van der Waals surface area contributed by atoms with E-state index in [2.05, 4.69) is 11.8 Å². The van der Waals surface area contributed by atoms with Crippen molar-refractivity contribution in [2.45, 2.75) is 6.92 Å². The highest BCUT2D eigenvalue weighted by atomic mass is 16.5. The molecule has 0 unspecified atom stereocenters. The van der Waals surface area contributed by atoms with Crippen LogP contribution in [0.3, 0.4) is 0 Å². The minimum Gasteiger partial charge on any atom is -0.507 e. The molecule has 0 saturated carbocycles. The van der Waals surface area contributed by atoms with Crippen molar-refractivity contribution in [3.8, 4) is 29.1 Å². The van der Waals surface area contributed by atoms with Crippen LogP contribution in [0.4, 0.5) is 0 Å². The lowest BCUT2D eigenvalue weighted by Gasteiger charge is -2.09. The minimum absolute atomic E-state index is 0.0534. The Labute approximate surface area is 93.8 Å². The lowest BCUT2D eigenvalue weighted by atomic mass is 10.1. The first-order chi connectivity index (χ1) is 7.63. The van der Waals surface area contributed by atoms with Gasteiger partial charge in [0.05, 0.1) is 14.2 Å². The molecule has 0 aliphatic carbocycles. The monoisotopic (exact) mass is 220 g/mol. The zero-order chi connectivity index (χ0) is 12.1. The van der Waals surface area contributed by atoms with E-state index in [4.69, 9.17) is 9.47 Å². The third-order valence-electron chi connectivity index (χ3n) is 1.98. The first kappa shape index (κ1) is 11.9. The first-order valence-electron chi connectivity index (χ1n) is 4.56. The number of carbonyl (C=O) groups excluding carboxylic acids is 1. The molecule has 0 radical (unpaired) electrons. The zero-order valence-corrected chi connectivity index (χ0v) is 9.33. The van der Waals surface area contributed by atoms with Crippen molar-refractivity contribution >= 4 is 5.78 Å². The smallest absolute Gasteiger partial charge is 0.243 e. The van der Waals surface area contributed by atoms with Gasteiger partial charge in [-0.05, 0) is 12.8 Å². The molecule has 0 atom stereocenters. The van der Waals surface area contributed by atoms with Gasteiger partial charge in [0.1, 0.15) is 22.8 Å². The molecule has 0 aromatic heterocycles. The Morgan fingerprint density at radius 3 is 2.50 bits per heavy atom. The van der Waals surface area contributed by atoms with Crippen molar-refractivity contribution in [3.05, 3.63) is 17.7 Å². The number of aromatic hydroxyl groups is 1. The van der Waals surface area contributed by atoms with Crippen LogP contribution in [0.5, 0.6) is 17.2 Å². The summed E-state index contributed by atoms with van der Waals surface area (Å²) in [5, 5.41) is 9.68. The van der Waals surface area contributed by atoms with Gasteiger partial charge in [-0.3, -0.25) is 4.79 Å². The molecule has 0 amide bonds. The number of hydrogen-bond donors (Lipinski definition) is 1. The maximum Gasteiger partial charge on any atom is 0.243 e. The summed E-state index contributed by atoms with van der Waals surface area (Å²) in [5.74, 6) is 4.78. The Morgan fingerprint density at radius 1 is 1.31 bits per heavy atom. The molecule has 1 aromatic rings. The highest BCUT2D eigenvalue weighted by Crippen LogP contribution is 2.33. The van der Waals surface area contributed by atoms with Gasteiger partial charge in [0.2, 0.25) is 5.78 Å². The van der Waals surface area contributed by atoms with Crippen LogP contribution >= 0.6 is 0 Å². The molecule has 0 aliphatic heterocycles. The van der Waals surface area contributed by atoms with Crippen molar-refractivity contribution < 1.29 is 19.4 Å². The van der Waals surface area contributed by atoms with Gasteiger partial charge in [0, 0.05) is 12.1 Å². The SMILES string of the molecule is CC#CC(=O)c1c(O)cc(OC)cc1OC. The Balaban J connectivity index is 3.35. The standard InChI is InChI=1S/C12H12O4/c1-4-5-9(13)12-10(14)6-8(15-2)7-11(12)16-3/h6-7,14H,1-3H3. The number of phenolic OH excluding ortho intramolecular Hbond substituents is 1. The third kappa shape index (κ3) is 2.26. The molecule has 0 heterocycles. The quantitative estimate of drug-likeness (QED) is 0.477. The van der Waals surface area contributed by atoms with Crippen LogP contribution in [0.15, 0.2) is 12.1 Å². The number of rotatable bonds is 3. The minimum atomic E-state index is -0.487. The van der Waals surface area contributed by atoms with Crippen LogP contribution in [-0.4, -0.2) is 25.1 Å². The van der Waals surface area contributed by atoms with E-state index in [1.807, 2.05) is 0 Å². The summed E-state index contributed by atoms with van der Waals surface area (Å²) < 4.78 is 9.95. The molecular formula is C12H12O4. The fourth-order valence-corrected chi connectivity index (χ4v) is 1.26. The predicted octanol–water partition coefficient (Wildman–Crippen LogP) is 1.62. The number of methoxy groups -OCH3 is 2. The molecule has 4 nitrogen and oxygen atoms in total. The lowest BCUT2D eigenvalue weighted by molar-refractivity contribution is 0.105. The topological polar surface area (TPSA) is 55.8 Å². The normalized spacial score (nSPS) is 8.94. The van der Waals surface area contributed by atoms with Gasteiger partial charge in [-0.1, -0.05) is 5.92 Å². The highest BCUT2D eigenvalue weighted by molar-refractivity contribution is 6.12. The Hall–Kier alpha value is -2.15. The molecule has 1 N–H and O–H groups in total. The molecule has 16 heavy (non-hydrogen) atoms. The number of benzene rings is 1. The molecule has 4 heteroatoms. The third-order valence-corrected chi connectivity index (χ3v) is 1.98. The van der Waals surface area contributed by atoms with E-state index in [1.165, 1.54) is 26.4 Å². The molecule has 0 spiro atoms.